The molecule has 1 unspecified atom stereocenters. The van der Waals surface area contributed by atoms with Crippen LogP contribution in [0.15, 0.2) is 22.8 Å². The van der Waals surface area contributed by atoms with Crippen molar-refractivity contribution < 1.29 is 9.25 Å². The van der Waals surface area contributed by atoms with Gasteiger partial charge >= 0.3 is 0 Å². The third kappa shape index (κ3) is 2.36. The molecule has 0 amide bonds. The van der Waals surface area contributed by atoms with Crippen LogP contribution in [0.1, 0.15) is 44.4 Å². The Morgan fingerprint density at radius 1 is 1.50 bits per heavy atom. The summed E-state index contributed by atoms with van der Waals surface area (Å²) in [5.74, 6) is 0.919. The van der Waals surface area contributed by atoms with E-state index < -0.39 is 0 Å². The number of hydrogen-bond donors (Lipinski definition) is 1. The Hall–Kier alpha value is -0.800. The summed E-state index contributed by atoms with van der Waals surface area (Å²) < 4.78 is 5.27. The molecule has 0 saturated heterocycles. The Labute approximate surface area is 84.4 Å². The van der Waals surface area contributed by atoms with Crippen molar-refractivity contribution in [2.45, 2.75) is 44.8 Å². The van der Waals surface area contributed by atoms with Crippen LogP contribution in [-0.2, 0) is 4.84 Å². The molecular weight excluding hydrogens is 178 g/mol. The number of hydroxylamine groups is 1. The molecule has 0 radical (unpaired) electrons. The first kappa shape index (κ1) is 9.74. The molecule has 1 aliphatic rings. The van der Waals surface area contributed by atoms with Crippen LogP contribution in [0.4, 0.5) is 0 Å². The highest BCUT2D eigenvalue weighted by molar-refractivity contribution is 5.02. The van der Waals surface area contributed by atoms with Crippen molar-refractivity contribution in [2.75, 3.05) is 0 Å². The van der Waals surface area contributed by atoms with Crippen LogP contribution in [0.25, 0.3) is 0 Å². The monoisotopic (exact) mass is 195 g/mol. The van der Waals surface area contributed by atoms with Gasteiger partial charge in [-0.05, 0) is 31.9 Å². The van der Waals surface area contributed by atoms with E-state index in [0.29, 0.717) is 6.10 Å². The van der Waals surface area contributed by atoms with Crippen molar-refractivity contribution >= 4 is 0 Å². The van der Waals surface area contributed by atoms with E-state index in [2.05, 4.69) is 5.48 Å². The van der Waals surface area contributed by atoms with Gasteiger partial charge in [-0.15, -0.1) is 0 Å². The Kier molecular flexibility index (Phi) is 3.22. The van der Waals surface area contributed by atoms with Crippen molar-refractivity contribution in [1.29, 1.82) is 0 Å². The highest BCUT2D eigenvalue weighted by atomic mass is 16.7. The van der Waals surface area contributed by atoms with E-state index in [0.717, 1.165) is 5.76 Å². The second-order valence-corrected chi connectivity index (χ2v) is 3.88. The molecule has 2 rings (SSSR count). The van der Waals surface area contributed by atoms with Gasteiger partial charge in [-0.3, -0.25) is 4.84 Å². The van der Waals surface area contributed by atoms with Gasteiger partial charge in [0.25, 0.3) is 0 Å². The van der Waals surface area contributed by atoms with E-state index in [9.17, 15) is 0 Å². The SMILES string of the molecule is CC(NOC1CCCC1)c1ccco1. The third-order valence-corrected chi connectivity index (χ3v) is 2.68. The molecule has 3 heteroatoms. The molecule has 0 bridgehead atoms. The summed E-state index contributed by atoms with van der Waals surface area (Å²) in [6, 6.07) is 3.98. The van der Waals surface area contributed by atoms with E-state index in [4.69, 9.17) is 9.25 Å². The molecule has 1 saturated carbocycles. The van der Waals surface area contributed by atoms with E-state index in [-0.39, 0.29) is 6.04 Å². The lowest BCUT2D eigenvalue weighted by molar-refractivity contribution is -0.0408. The zero-order chi connectivity index (χ0) is 9.80. The lowest BCUT2D eigenvalue weighted by Gasteiger charge is -2.15. The Balaban J connectivity index is 1.74. The van der Waals surface area contributed by atoms with E-state index >= 15 is 0 Å². The largest absolute Gasteiger partial charge is 0.468 e. The van der Waals surface area contributed by atoms with Gasteiger partial charge in [-0.2, -0.15) is 5.48 Å². The third-order valence-electron chi connectivity index (χ3n) is 2.68. The zero-order valence-corrected chi connectivity index (χ0v) is 8.53. The average Bonchev–Trinajstić information content (AvgIpc) is 2.87. The zero-order valence-electron chi connectivity index (χ0n) is 8.53. The minimum Gasteiger partial charge on any atom is -0.468 e. The molecule has 1 aromatic rings. The number of furan rings is 1. The van der Waals surface area contributed by atoms with Gasteiger partial charge in [0.1, 0.15) is 5.76 Å². The highest BCUT2D eigenvalue weighted by Crippen LogP contribution is 2.21. The first-order valence-electron chi connectivity index (χ1n) is 5.31. The lowest BCUT2D eigenvalue weighted by atomic mass is 10.3. The molecule has 0 aliphatic heterocycles. The second kappa shape index (κ2) is 4.62. The molecule has 1 atom stereocenters. The maximum atomic E-state index is 5.58. The Morgan fingerprint density at radius 3 is 2.93 bits per heavy atom. The Morgan fingerprint density at radius 2 is 2.29 bits per heavy atom. The predicted octanol–water partition coefficient (Wildman–Crippen LogP) is 2.80. The molecule has 1 N–H and O–H groups in total. The van der Waals surface area contributed by atoms with Crippen LogP contribution in [0, 0.1) is 0 Å². The summed E-state index contributed by atoms with van der Waals surface area (Å²) in [6.07, 6.45) is 7.02. The summed E-state index contributed by atoms with van der Waals surface area (Å²) in [5.41, 5.74) is 3.03. The number of nitrogens with one attached hydrogen (secondary N) is 1. The topological polar surface area (TPSA) is 34.4 Å². The first-order valence-corrected chi connectivity index (χ1v) is 5.31. The number of rotatable bonds is 4. The molecule has 1 aliphatic carbocycles. The van der Waals surface area contributed by atoms with Gasteiger partial charge in [-0.1, -0.05) is 12.8 Å². The summed E-state index contributed by atoms with van der Waals surface area (Å²) in [7, 11) is 0. The molecule has 14 heavy (non-hydrogen) atoms. The van der Waals surface area contributed by atoms with Gasteiger partial charge in [0.15, 0.2) is 0 Å². The predicted molar refractivity (Wildman–Crippen MR) is 53.6 cm³/mol. The van der Waals surface area contributed by atoms with Crippen molar-refractivity contribution in [3.8, 4) is 0 Å². The quantitative estimate of drug-likeness (QED) is 0.750. The standard InChI is InChI=1S/C11H17NO2/c1-9(11-7-4-8-13-11)12-14-10-5-2-3-6-10/h4,7-10,12H,2-3,5-6H2,1H3. The Bertz CT molecular complexity index is 252. The molecule has 0 spiro atoms. The average molecular weight is 195 g/mol. The van der Waals surface area contributed by atoms with Crippen LogP contribution in [0.5, 0.6) is 0 Å². The van der Waals surface area contributed by atoms with Crippen molar-refractivity contribution in [3.63, 3.8) is 0 Å². The fourth-order valence-electron chi connectivity index (χ4n) is 1.80. The summed E-state index contributed by atoms with van der Waals surface area (Å²) in [4.78, 5) is 5.58. The summed E-state index contributed by atoms with van der Waals surface area (Å²) in [5, 5.41) is 0. The normalized spacial score (nSPS) is 20.1. The van der Waals surface area contributed by atoms with Gasteiger partial charge < -0.3 is 4.42 Å². The summed E-state index contributed by atoms with van der Waals surface area (Å²) in [6.45, 7) is 2.04. The molecular formula is C11H17NO2. The summed E-state index contributed by atoms with van der Waals surface area (Å²) >= 11 is 0. The minimum absolute atomic E-state index is 0.130. The van der Waals surface area contributed by atoms with Crippen LogP contribution < -0.4 is 5.48 Å². The van der Waals surface area contributed by atoms with Gasteiger partial charge in [0, 0.05) is 0 Å². The maximum absolute atomic E-state index is 5.58. The van der Waals surface area contributed by atoms with Gasteiger partial charge in [0.05, 0.1) is 18.4 Å². The maximum Gasteiger partial charge on any atom is 0.122 e. The van der Waals surface area contributed by atoms with Crippen molar-refractivity contribution in [1.82, 2.24) is 5.48 Å². The molecule has 0 aromatic carbocycles. The van der Waals surface area contributed by atoms with E-state index in [1.54, 1.807) is 6.26 Å². The number of hydrogen-bond acceptors (Lipinski definition) is 3. The van der Waals surface area contributed by atoms with Crippen molar-refractivity contribution in [3.05, 3.63) is 24.2 Å². The minimum atomic E-state index is 0.130. The fraction of sp³-hybridized carbons (Fsp3) is 0.636. The first-order chi connectivity index (χ1) is 6.86. The molecule has 3 nitrogen and oxygen atoms in total. The lowest BCUT2D eigenvalue weighted by Crippen LogP contribution is -2.24. The highest BCUT2D eigenvalue weighted by Gasteiger charge is 2.17. The molecule has 78 valence electrons. The smallest absolute Gasteiger partial charge is 0.122 e. The van der Waals surface area contributed by atoms with Crippen LogP contribution in [0.2, 0.25) is 0 Å². The van der Waals surface area contributed by atoms with Gasteiger partial charge in [-0.25, -0.2) is 0 Å². The van der Waals surface area contributed by atoms with Crippen LogP contribution in [0.3, 0.4) is 0 Å². The van der Waals surface area contributed by atoms with Crippen LogP contribution >= 0.6 is 0 Å². The van der Waals surface area contributed by atoms with Crippen LogP contribution in [-0.4, -0.2) is 6.10 Å². The van der Waals surface area contributed by atoms with E-state index in [1.807, 2.05) is 19.1 Å². The second-order valence-electron chi connectivity index (χ2n) is 3.88. The fourth-order valence-corrected chi connectivity index (χ4v) is 1.80. The van der Waals surface area contributed by atoms with E-state index in [1.165, 1.54) is 25.7 Å². The molecule has 1 fully saturated rings. The van der Waals surface area contributed by atoms with Crippen molar-refractivity contribution in [2.24, 2.45) is 0 Å². The molecule has 1 aromatic heterocycles. The molecule has 1 heterocycles. The van der Waals surface area contributed by atoms with Gasteiger partial charge in [0.2, 0.25) is 0 Å².